The summed E-state index contributed by atoms with van der Waals surface area (Å²) in [5.41, 5.74) is 8.43. The van der Waals surface area contributed by atoms with Crippen LogP contribution in [-0.4, -0.2) is 15.8 Å². The van der Waals surface area contributed by atoms with Crippen molar-refractivity contribution in [3.05, 3.63) is 15.9 Å². The van der Waals surface area contributed by atoms with Crippen LogP contribution in [0, 0.1) is 6.92 Å². The molecule has 4 heteroatoms. The van der Waals surface area contributed by atoms with E-state index in [1.54, 1.807) is 0 Å². The molecule has 0 radical (unpaired) electrons. The summed E-state index contributed by atoms with van der Waals surface area (Å²) in [5, 5.41) is 4.48. The van der Waals surface area contributed by atoms with Gasteiger partial charge in [0, 0.05) is 19.0 Å². The van der Waals surface area contributed by atoms with Crippen molar-refractivity contribution >= 4 is 15.9 Å². The highest BCUT2D eigenvalue weighted by atomic mass is 79.9. The molecule has 0 fully saturated rings. The molecule has 1 unspecified atom stereocenters. The Hall–Kier alpha value is -0.350. The standard InChI is InChI=1S/C12H22BrN3/c1-4-6-7-10(14)8-11-12(13)9(3)15-16(11)5-2/h10H,4-8,14H2,1-3H3. The number of nitrogens with two attached hydrogens (primary N) is 1. The second-order valence-corrected chi connectivity index (χ2v) is 5.06. The third-order valence-electron chi connectivity index (χ3n) is 2.84. The van der Waals surface area contributed by atoms with Gasteiger partial charge in [0.1, 0.15) is 0 Å². The third-order valence-corrected chi connectivity index (χ3v) is 3.87. The summed E-state index contributed by atoms with van der Waals surface area (Å²) in [7, 11) is 0. The maximum Gasteiger partial charge on any atom is 0.0738 e. The Morgan fingerprint density at radius 2 is 2.12 bits per heavy atom. The van der Waals surface area contributed by atoms with E-state index in [-0.39, 0.29) is 6.04 Å². The van der Waals surface area contributed by atoms with Crippen LogP contribution < -0.4 is 5.73 Å². The SMILES string of the molecule is CCCCC(N)Cc1c(Br)c(C)nn1CC. The molecule has 1 heterocycles. The van der Waals surface area contributed by atoms with Gasteiger partial charge in [0.25, 0.3) is 0 Å². The second kappa shape index (κ2) is 6.40. The number of hydrogen-bond donors (Lipinski definition) is 1. The normalized spacial score (nSPS) is 13.1. The lowest BCUT2D eigenvalue weighted by Crippen LogP contribution is -2.24. The Morgan fingerprint density at radius 1 is 1.44 bits per heavy atom. The first-order chi connectivity index (χ1) is 7.60. The minimum atomic E-state index is 0.248. The zero-order valence-corrected chi connectivity index (χ0v) is 12.0. The van der Waals surface area contributed by atoms with Crippen molar-refractivity contribution < 1.29 is 0 Å². The molecule has 3 nitrogen and oxygen atoms in total. The number of aromatic nitrogens is 2. The minimum absolute atomic E-state index is 0.248. The number of rotatable bonds is 6. The number of hydrogen-bond acceptors (Lipinski definition) is 2. The quantitative estimate of drug-likeness (QED) is 0.874. The molecule has 16 heavy (non-hydrogen) atoms. The number of aryl methyl sites for hydroxylation is 2. The fourth-order valence-electron chi connectivity index (χ4n) is 1.88. The Morgan fingerprint density at radius 3 is 2.69 bits per heavy atom. The van der Waals surface area contributed by atoms with Gasteiger partial charge in [-0.25, -0.2) is 0 Å². The molecule has 1 atom stereocenters. The van der Waals surface area contributed by atoms with E-state index < -0.39 is 0 Å². The predicted octanol–water partition coefficient (Wildman–Crippen LogP) is 3.03. The molecule has 2 N–H and O–H groups in total. The summed E-state index contributed by atoms with van der Waals surface area (Å²) in [5.74, 6) is 0. The van der Waals surface area contributed by atoms with Crippen LogP contribution in [0.1, 0.15) is 44.5 Å². The molecule has 0 spiro atoms. The molecule has 0 aliphatic rings. The van der Waals surface area contributed by atoms with Crippen LogP contribution in [0.15, 0.2) is 4.47 Å². The second-order valence-electron chi connectivity index (χ2n) is 4.27. The van der Waals surface area contributed by atoms with Crippen molar-refractivity contribution in [2.75, 3.05) is 0 Å². The predicted molar refractivity (Wildman–Crippen MR) is 71.5 cm³/mol. The lowest BCUT2D eigenvalue weighted by molar-refractivity contribution is 0.535. The number of nitrogens with zero attached hydrogens (tertiary/aromatic N) is 2. The topological polar surface area (TPSA) is 43.8 Å². The van der Waals surface area contributed by atoms with E-state index in [1.165, 1.54) is 18.5 Å². The molecule has 92 valence electrons. The molecule has 0 aromatic carbocycles. The van der Waals surface area contributed by atoms with E-state index in [1.807, 2.05) is 11.6 Å². The van der Waals surface area contributed by atoms with Crippen molar-refractivity contribution in [1.29, 1.82) is 0 Å². The molecule has 0 aliphatic heterocycles. The van der Waals surface area contributed by atoms with Crippen LogP contribution in [0.3, 0.4) is 0 Å². The smallest absolute Gasteiger partial charge is 0.0738 e. The molecule has 0 saturated heterocycles. The molecule has 1 rings (SSSR count). The van der Waals surface area contributed by atoms with E-state index in [9.17, 15) is 0 Å². The fourth-order valence-corrected chi connectivity index (χ4v) is 2.33. The van der Waals surface area contributed by atoms with Gasteiger partial charge in [-0.05, 0) is 36.2 Å². The van der Waals surface area contributed by atoms with Gasteiger partial charge in [0.2, 0.25) is 0 Å². The third kappa shape index (κ3) is 3.32. The zero-order valence-electron chi connectivity index (χ0n) is 10.5. The van der Waals surface area contributed by atoms with E-state index in [4.69, 9.17) is 5.73 Å². The molecule has 1 aromatic heterocycles. The highest BCUT2D eigenvalue weighted by Crippen LogP contribution is 2.22. The number of halogens is 1. The molecule has 0 amide bonds. The van der Waals surface area contributed by atoms with Crippen molar-refractivity contribution in [3.8, 4) is 0 Å². The van der Waals surface area contributed by atoms with Crippen LogP contribution in [-0.2, 0) is 13.0 Å². The van der Waals surface area contributed by atoms with Crippen molar-refractivity contribution in [3.63, 3.8) is 0 Å². The summed E-state index contributed by atoms with van der Waals surface area (Å²) in [6, 6.07) is 0.248. The largest absolute Gasteiger partial charge is 0.327 e. The average Bonchev–Trinajstić information content (AvgIpc) is 2.54. The highest BCUT2D eigenvalue weighted by molar-refractivity contribution is 9.10. The first kappa shape index (κ1) is 13.7. The fraction of sp³-hybridized carbons (Fsp3) is 0.750. The molecular formula is C12H22BrN3. The molecule has 0 aliphatic carbocycles. The maximum atomic E-state index is 6.13. The Balaban J connectivity index is 2.71. The molecular weight excluding hydrogens is 266 g/mol. The molecule has 1 aromatic rings. The lowest BCUT2D eigenvalue weighted by atomic mass is 10.1. The number of unbranched alkanes of at least 4 members (excludes halogenated alkanes) is 1. The van der Waals surface area contributed by atoms with Crippen LogP contribution >= 0.6 is 15.9 Å². The summed E-state index contributed by atoms with van der Waals surface area (Å²) in [6.45, 7) is 7.24. The van der Waals surface area contributed by atoms with Crippen molar-refractivity contribution in [2.45, 2.75) is 59.0 Å². The van der Waals surface area contributed by atoms with Gasteiger partial charge >= 0.3 is 0 Å². The summed E-state index contributed by atoms with van der Waals surface area (Å²) < 4.78 is 3.17. The van der Waals surface area contributed by atoms with Crippen molar-refractivity contribution in [2.24, 2.45) is 5.73 Å². The van der Waals surface area contributed by atoms with Crippen LogP contribution in [0.25, 0.3) is 0 Å². The van der Waals surface area contributed by atoms with Gasteiger partial charge in [0.05, 0.1) is 15.9 Å². The first-order valence-corrected chi connectivity index (χ1v) is 6.86. The molecule has 0 bridgehead atoms. The van der Waals surface area contributed by atoms with Gasteiger partial charge in [0.15, 0.2) is 0 Å². The highest BCUT2D eigenvalue weighted by Gasteiger charge is 2.14. The van der Waals surface area contributed by atoms with Gasteiger partial charge in [-0.3, -0.25) is 4.68 Å². The van der Waals surface area contributed by atoms with Gasteiger partial charge in [-0.2, -0.15) is 5.10 Å². The Labute approximate surface area is 107 Å². The van der Waals surface area contributed by atoms with Gasteiger partial charge < -0.3 is 5.73 Å². The monoisotopic (exact) mass is 287 g/mol. The van der Waals surface area contributed by atoms with E-state index in [0.717, 1.165) is 29.6 Å². The molecule has 0 saturated carbocycles. The van der Waals surface area contributed by atoms with Crippen molar-refractivity contribution in [1.82, 2.24) is 9.78 Å². The maximum absolute atomic E-state index is 6.13. The minimum Gasteiger partial charge on any atom is -0.327 e. The van der Waals surface area contributed by atoms with Crippen LogP contribution in [0.2, 0.25) is 0 Å². The average molecular weight is 288 g/mol. The van der Waals surface area contributed by atoms with Crippen LogP contribution in [0.4, 0.5) is 0 Å². The summed E-state index contributed by atoms with van der Waals surface area (Å²) >= 11 is 3.60. The van der Waals surface area contributed by atoms with E-state index >= 15 is 0 Å². The first-order valence-electron chi connectivity index (χ1n) is 6.07. The Bertz CT molecular complexity index is 333. The lowest BCUT2D eigenvalue weighted by Gasteiger charge is -2.12. The summed E-state index contributed by atoms with van der Waals surface area (Å²) in [4.78, 5) is 0. The van der Waals surface area contributed by atoms with E-state index in [2.05, 4.69) is 34.9 Å². The van der Waals surface area contributed by atoms with Crippen LogP contribution in [0.5, 0.6) is 0 Å². The Kier molecular flexibility index (Phi) is 5.49. The van der Waals surface area contributed by atoms with Gasteiger partial charge in [-0.1, -0.05) is 19.8 Å². The van der Waals surface area contributed by atoms with Gasteiger partial charge in [-0.15, -0.1) is 0 Å². The summed E-state index contributed by atoms with van der Waals surface area (Å²) in [6.07, 6.45) is 4.42. The van der Waals surface area contributed by atoms with E-state index in [0.29, 0.717) is 0 Å². The zero-order chi connectivity index (χ0) is 12.1.